The number of carbonyl (C=O) groups is 2. The number of ether oxygens (including phenoxy) is 2. The highest BCUT2D eigenvalue weighted by molar-refractivity contribution is 6.31. The molecule has 1 aromatic heterocycles. The molecule has 1 aliphatic carbocycles. The molecule has 40 heavy (non-hydrogen) atoms. The van der Waals surface area contributed by atoms with Crippen LogP contribution in [0.5, 0.6) is 11.5 Å². The summed E-state index contributed by atoms with van der Waals surface area (Å²) in [4.78, 5) is 31.6. The fraction of sp³-hybridized carbons (Fsp3) is 0.438. The van der Waals surface area contributed by atoms with Gasteiger partial charge in [0.15, 0.2) is 11.5 Å². The van der Waals surface area contributed by atoms with E-state index in [2.05, 4.69) is 10.6 Å². The molecular weight excluding hydrogens is 526 g/mol. The predicted molar refractivity (Wildman–Crippen MR) is 156 cm³/mol. The molecule has 0 spiro atoms. The Morgan fingerprint density at radius 3 is 2.58 bits per heavy atom. The van der Waals surface area contributed by atoms with Crippen molar-refractivity contribution in [2.45, 2.75) is 77.5 Å². The minimum absolute atomic E-state index is 0.0215. The zero-order valence-electron chi connectivity index (χ0n) is 23.4. The van der Waals surface area contributed by atoms with Gasteiger partial charge < -0.3 is 23.8 Å². The minimum atomic E-state index is -0.174. The summed E-state index contributed by atoms with van der Waals surface area (Å²) >= 11 is 6.45. The van der Waals surface area contributed by atoms with Crippen molar-refractivity contribution in [3.8, 4) is 11.5 Å². The maximum atomic E-state index is 14.1. The van der Waals surface area contributed by atoms with E-state index in [-0.39, 0.29) is 37.2 Å². The van der Waals surface area contributed by atoms with Crippen LogP contribution in [-0.2, 0) is 17.9 Å². The largest absolute Gasteiger partial charge is 0.454 e. The van der Waals surface area contributed by atoms with Crippen LogP contribution >= 0.6 is 11.6 Å². The average molecular weight is 564 g/mol. The van der Waals surface area contributed by atoms with Gasteiger partial charge in [0.05, 0.1) is 6.54 Å². The Morgan fingerprint density at radius 2 is 1.80 bits per heavy atom. The summed E-state index contributed by atoms with van der Waals surface area (Å²) in [5.41, 5.74) is 2.58. The first-order valence-electron chi connectivity index (χ1n) is 14.3. The van der Waals surface area contributed by atoms with Gasteiger partial charge in [-0.15, -0.1) is 0 Å². The number of benzene rings is 2. The van der Waals surface area contributed by atoms with Gasteiger partial charge in [-0.25, -0.2) is 0 Å². The summed E-state index contributed by atoms with van der Waals surface area (Å²) in [5.74, 6) is 0.994. The lowest BCUT2D eigenvalue weighted by Gasteiger charge is -2.37. The van der Waals surface area contributed by atoms with Crippen LogP contribution in [0.1, 0.15) is 74.0 Å². The van der Waals surface area contributed by atoms with E-state index in [0.717, 1.165) is 48.4 Å². The third kappa shape index (κ3) is 6.30. The van der Waals surface area contributed by atoms with Crippen molar-refractivity contribution in [1.29, 1.82) is 0 Å². The molecule has 5 rings (SSSR count). The highest BCUT2D eigenvalue weighted by Gasteiger charge is 2.31. The van der Waals surface area contributed by atoms with Gasteiger partial charge in [0, 0.05) is 41.1 Å². The number of hydrogen-bond donors (Lipinski definition) is 0. The monoisotopic (exact) mass is 563 g/mol. The summed E-state index contributed by atoms with van der Waals surface area (Å²) in [6.07, 6.45) is 8.17. The number of amides is 2. The lowest BCUT2D eigenvalue weighted by molar-refractivity contribution is -0.136. The van der Waals surface area contributed by atoms with E-state index < -0.39 is 0 Å². The third-order valence-corrected chi connectivity index (χ3v) is 8.57. The molecule has 1 atom stereocenters. The third-order valence-electron chi connectivity index (χ3n) is 8.20. The highest BCUT2D eigenvalue weighted by Crippen LogP contribution is 2.33. The van der Waals surface area contributed by atoms with Crippen LogP contribution in [0.2, 0.25) is 5.02 Å². The molecule has 0 N–H and O–H groups in total. The van der Waals surface area contributed by atoms with E-state index >= 15 is 0 Å². The van der Waals surface area contributed by atoms with Gasteiger partial charge in [0.1, 0.15) is 6.54 Å². The number of rotatable bonds is 10. The SMILES string of the molecule is CCC(C)N(CC(=O)N(Cc1cccn1Cc1ccccc1Cl)C1CCCCC1)C(=O)c1ccc2c(c1)OCO2. The van der Waals surface area contributed by atoms with Gasteiger partial charge in [-0.05, 0) is 68.1 Å². The van der Waals surface area contributed by atoms with Crippen molar-refractivity contribution in [3.05, 3.63) is 82.6 Å². The highest BCUT2D eigenvalue weighted by atomic mass is 35.5. The number of aromatic nitrogens is 1. The Balaban J connectivity index is 1.38. The summed E-state index contributed by atoms with van der Waals surface area (Å²) in [6.45, 7) is 5.34. The van der Waals surface area contributed by atoms with Crippen LogP contribution < -0.4 is 9.47 Å². The molecule has 8 heteroatoms. The Kier molecular flexibility index (Phi) is 9.00. The molecule has 0 bridgehead atoms. The maximum absolute atomic E-state index is 14.1. The molecule has 1 saturated carbocycles. The first kappa shape index (κ1) is 28.1. The molecular formula is C32H38ClN3O4. The zero-order valence-corrected chi connectivity index (χ0v) is 24.1. The van der Waals surface area contributed by atoms with Gasteiger partial charge in [-0.3, -0.25) is 9.59 Å². The molecule has 0 radical (unpaired) electrons. The summed E-state index contributed by atoms with van der Waals surface area (Å²) in [7, 11) is 0. The van der Waals surface area contributed by atoms with Gasteiger partial charge in [-0.1, -0.05) is 56.0 Å². The van der Waals surface area contributed by atoms with Crippen molar-refractivity contribution in [1.82, 2.24) is 14.4 Å². The van der Waals surface area contributed by atoms with Crippen molar-refractivity contribution in [3.63, 3.8) is 0 Å². The van der Waals surface area contributed by atoms with Crippen molar-refractivity contribution in [2.75, 3.05) is 13.3 Å². The second-order valence-corrected chi connectivity index (χ2v) is 11.2. The maximum Gasteiger partial charge on any atom is 0.254 e. The smallest absolute Gasteiger partial charge is 0.254 e. The number of nitrogens with zero attached hydrogens (tertiary/aromatic N) is 3. The number of carbonyl (C=O) groups excluding carboxylic acids is 2. The lowest BCUT2D eigenvalue weighted by Crippen LogP contribution is -2.49. The summed E-state index contributed by atoms with van der Waals surface area (Å²) < 4.78 is 13.1. The lowest BCUT2D eigenvalue weighted by atomic mass is 9.94. The molecule has 0 saturated heterocycles. The Labute approximate surface area is 241 Å². The molecule has 3 aromatic rings. The summed E-state index contributed by atoms with van der Waals surface area (Å²) in [5, 5.41) is 0.730. The molecule has 2 aromatic carbocycles. The minimum Gasteiger partial charge on any atom is -0.454 e. The fourth-order valence-electron chi connectivity index (χ4n) is 5.63. The van der Waals surface area contributed by atoms with Crippen LogP contribution in [-0.4, -0.2) is 51.6 Å². The molecule has 1 unspecified atom stereocenters. The van der Waals surface area contributed by atoms with Gasteiger partial charge >= 0.3 is 0 Å². The Hall–Kier alpha value is -3.45. The van der Waals surface area contributed by atoms with Crippen LogP contribution in [0.25, 0.3) is 0 Å². The van der Waals surface area contributed by atoms with Crippen molar-refractivity contribution < 1.29 is 19.1 Å². The quantitative estimate of drug-likeness (QED) is 0.282. The number of halogens is 1. The van der Waals surface area contributed by atoms with E-state index in [0.29, 0.717) is 30.2 Å². The van der Waals surface area contributed by atoms with Crippen molar-refractivity contribution in [2.24, 2.45) is 0 Å². The molecule has 7 nitrogen and oxygen atoms in total. The summed E-state index contributed by atoms with van der Waals surface area (Å²) in [6, 6.07) is 17.2. The van der Waals surface area contributed by atoms with Crippen LogP contribution in [0.4, 0.5) is 0 Å². The fourth-order valence-corrected chi connectivity index (χ4v) is 5.82. The second kappa shape index (κ2) is 12.8. The van der Waals surface area contributed by atoms with Crippen molar-refractivity contribution >= 4 is 23.4 Å². The normalized spacial score (nSPS) is 15.6. The topological polar surface area (TPSA) is 64.0 Å². The van der Waals surface area contributed by atoms with E-state index in [9.17, 15) is 9.59 Å². The van der Waals surface area contributed by atoms with Gasteiger partial charge in [0.2, 0.25) is 12.7 Å². The van der Waals surface area contributed by atoms with Crippen LogP contribution in [0, 0.1) is 0 Å². The number of hydrogen-bond acceptors (Lipinski definition) is 4. The molecule has 2 amide bonds. The first-order chi connectivity index (χ1) is 19.4. The van der Waals surface area contributed by atoms with E-state index in [1.165, 1.54) is 6.42 Å². The zero-order chi connectivity index (χ0) is 28.1. The molecule has 1 aliphatic heterocycles. The van der Waals surface area contributed by atoms with E-state index in [1.807, 2.05) is 55.3 Å². The molecule has 1 fully saturated rings. The second-order valence-electron chi connectivity index (χ2n) is 10.8. The molecule has 2 aliphatic rings. The van der Waals surface area contributed by atoms with Crippen LogP contribution in [0.15, 0.2) is 60.8 Å². The van der Waals surface area contributed by atoms with E-state index in [1.54, 1.807) is 23.1 Å². The van der Waals surface area contributed by atoms with Gasteiger partial charge in [-0.2, -0.15) is 0 Å². The molecule has 212 valence electrons. The van der Waals surface area contributed by atoms with Crippen LogP contribution in [0.3, 0.4) is 0 Å². The number of fused-ring (bicyclic) bond motifs is 1. The average Bonchev–Trinajstić information content (AvgIpc) is 3.64. The van der Waals surface area contributed by atoms with Gasteiger partial charge in [0.25, 0.3) is 5.91 Å². The first-order valence-corrected chi connectivity index (χ1v) is 14.7. The van der Waals surface area contributed by atoms with E-state index in [4.69, 9.17) is 21.1 Å². The molecule has 2 heterocycles. The Bertz CT molecular complexity index is 1330. The predicted octanol–water partition coefficient (Wildman–Crippen LogP) is 6.52. The standard InChI is InChI=1S/C32H38ClN3O4/c1-3-23(2)35(32(38)24-15-16-29-30(18-24)40-22-39-29)21-31(37)36(26-11-5-4-6-12-26)20-27-13-9-17-34(27)19-25-10-7-8-14-28(25)33/h7-10,13-18,23,26H,3-6,11-12,19-22H2,1-2H3. The Morgan fingerprint density at radius 1 is 1.02 bits per heavy atom.